The van der Waals surface area contributed by atoms with Gasteiger partial charge in [0.25, 0.3) is 0 Å². The Balaban J connectivity index is 1.46. The summed E-state index contributed by atoms with van der Waals surface area (Å²) in [5, 5.41) is 0. The molecule has 25 heavy (non-hydrogen) atoms. The van der Waals surface area contributed by atoms with Crippen LogP contribution in [0.5, 0.6) is 11.5 Å². The minimum Gasteiger partial charge on any atom is -0.454 e. The third-order valence-electron chi connectivity index (χ3n) is 6.91. The molecule has 4 aliphatic rings. The highest BCUT2D eigenvalue weighted by molar-refractivity contribution is 6.48. The van der Waals surface area contributed by atoms with Crippen LogP contribution in [0.15, 0.2) is 18.2 Å². The molecular formula is C19H25BO5. The third-order valence-corrected chi connectivity index (χ3v) is 6.91. The Labute approximate surface area is 149 Å². The van der Waals surface area contributed by atoms with Gasteiger partial charge >= 0.3 is 7.12 Å². The number of ether oxygens (including phenoxy) is 3. The summed E-state index contributed by atoms with van der Waals surface area (Å²) in [7, 11) is -0.191. The highest BCUT2D eigenvalue weighted by Crippen LogP contribution is 2.62. The van der Waals surface area contributed by atoms with Crippen molar-refractivity contribution in [3.63, 3.8) is 0 Å². The van der Waals surface area contributed by atoms with E-state index in [1.165, 1.54) is 5.56 Å². The minimum atomic E-state index is -0.304. The van der Waals surface area contributed by atoms with Crippen LogP contribution in [0.1, 0.15) is 39.2 Å². The first-order chi connectivity index (χ1) is 11.9. The summed E-state index contributed by atoms with van der Waals surface area (Å²) in [6, 6.07) is 6.30. The molecule has 1 aliphatic carbocycles. The van der Waals surface area contributed by atoms with Crippen molar-refractivity contribution in [2.45, 2.75) is 50.6 Å². The largest absolute Gasteiger partial charge is 0.462 e. The molecule has 2 saturated heterocycles. The first-order valence-corrected chi connectivity index (χ1v) is 9.20. The Hall–Kier alpha value is -1.24. The molecule has 5 rings (SSSR count). The average molecular weight is 344 g/mol. The van der Waals surface area contributed by atoms with Crippen molar-refractivity contribution >= 4 is 7.12 Å². The van der Waals surface area contributed by atoms with Gasteiger partial charge < -0.3 is 23.5 Å². The van der Waals surface area contributed by atoms with E-state index >= 15 is 0 Å². The second-order valence-corrected chi connectivity index (χ2v) is 8.71. The van der Waals surface area contributed by atoms with Crippen molar-refractivity contribution in [1.29, 1.82) is 0 Å². The summed E-state index contributed by atoms with van der Waals surface area (Å²) in [5.74, 6) is 3.39. The van der Waals surface area contributed by atoms with E-state index in [1.54, 1.807) is 0 Å². The zero-order valence-corrected chi connectivity index (χ0v) is 15.3. The van der Waals surface area contributed by atoms with Gasteiger partial charge in [0.2, 0.25) is 6.79 Å². The van der Waals surface area contributed by atoms with E-state index in [-0.39, 0.29) is 18.3 Å². The summed E-state index contributed by atoms with van der Waals surface area (Å²) < 4.78 is 29.6. The van der Waals surface area contributed by atoms with Gasteiger partial charge in [0.05, 0.1) is 17.8 Å². The number of hydrogen-bond acceptors (Lipinski definition) is 5. The molecular weight excluding hydrogens is 319 g/mol. The second kappa shape index (κ2) is 5.15. The van der Waals surface area contributed by atoms with Gasteiger partial charge in [-0.05, 0) is 63.1 Å². The van der Waals surface area contributed by atoms with Crippen molar-refractivity contribution in [3.05, 3.63) is 23.8 Å². The Morgan fingerprint density at radius 2 is 1.60 bits per heavy atom. The molecule has 0 amide bonds. The normalized spacial score (nSPS) is 37.0. The Morgan fingerprint density at radius 3 is 2.36 bits per heavy atom. The molecule has 0 bridgehead atoms. The summed E-state index contributed by atoms with van der Waals surface area (Å²) >= 11 is 0. The van der Waals surface area contributed by atoms with Crippen LogP contribution in [0.25, 0.3) is 0 Å². The fourth-order valence-corrected chi connectivity index (χ4v) is 4.77. The molecule has 0 unspecified atom stereocenters. The number of fused-ring (bicyclic) bond motifs is 2. The Morgan fingerprint density at radius 1 is 0.920 bits per heavy atom. The van der Waals surface area contributed by atoms with Crippen molar-refractivity contribution in [2.24, 2.45) is 11.8 Å². The Kier molecular flexibility index (Phi) is 3.29. The lowest BCUT2D eigenvalue weighted by atomic mass is 9.43. The second-order valence-electron chi connectivity index (χ2n) is 8.71. The van der Waals surface area contributed by atoms with Gasteiger partial charge in [-0.15, -0.1) is 0 Å². The van der Waals surface area contributed by atoms with Crippen LogP contribution in [0.4, 0.5) is 0 Å². The predicted octanol–water partition coefficient (Wildman–Crippen LogP) is 3.24. The highest BCUT2D eigenvalue weighted by atomic mass is 16.7. The predicted molar refractivity (Wildman–Crippen MR) is 92.9 cm³/mol. The van der Waals surface area contributed by atoms with Crippen LogP contribution >= 0.6 is 0 Å². The molecule has 134 valence electrons. The monoisotopic (exact) mass is 344 g/mol. The molecule has 0 spiro atoms. The van der Waals surface area contributed by atoms with E-state index in [0.29, 0.717) is 30.4 Å². The maximum absolute atomic E-state index is 6.39. The molecule has 3 aliphatic heterocycles. The molecule has 0 radical (unpaired) electrons. The zero-order valence-electron chi connectivity index (χ0n) is 15.3. The molecule has 1 saturated carbocycles. The maximum Gasteiger partial charge on any atom is 0.462 e. The molecule has 1 aromatic carbocycles. The topological polar surface area (TPSA) is 46.2 Å². The number of hydrogen-bond donors (Lipinski definition) is 0. The van der Waals surface area contributed by atoms with Crippen molar-refractivity contribution < 1.29 is 23.5 Å². The minimum absolute atomic E-state index is 0.191. The van der Waals surface area contributed by atoms with Crippen molar-refractivity contribution in [2.75, 3.05) is 20.0 Å². The Bertz CT molecular complexity index is 687. The van der Waals surface area contributed by atoms with Gasteiger partial charge in [0, 0.05) is 12.4 Å². The lowest BCUT2D eigenvalue weighted by Crippen LogP contribution is -2.49. The fraction of sp³-hybridized carbons (Fsp3) is 0.684. The third kappa shape index (κ3) is 2.20. The SMILES string of the molecule is CC1(C)OB([C@@H]2[C@H]3COC[C@H]3[C@@H]2c2ccc3c(c2)OCO3)OC1(C)C. The standard InChI is InChI=1S/C19H25BO5/c1-18(2)19(3,4)25-20(24-18)17-13-9-21-8-12(13)16(17)11-5-6-14-15(7-11)23-10-22-14/h5-7,12-13,16-17H,8-10H2,1-4H3/t12-,13+,16+,17-/m1/s1. The van der Waals surface area contributed by atoms with Crippen LogP contribution in [-0.2, 0) is 14.0 Å². The lowest BCUT2D eigenvalue weighted by molar-refractivity contribution is 0.00578. The first kappa shape index (κ1) is 16.0. The smallest absolute Gasteiger partial charge is 0.454 e. The average Bonchev–Trinajstić information content (AvgIpc) is 3.18. The summed E-state index contributed by atoms with van der Waals surface area (Å²) in [6.45, 7) is 10.4. The molecule has 0 aromatic heterocycles. The van der Waals surface area contributed by atoms with E-state index in [1.807, 2.05) is 6.07 Å². The molecule has 4 atom stereocenters. The van der Waals surface area contributed by atoms with Gasteiger partial charge in [-0.2, -0.15) is 0 Å². The van der Waals surface area contributed by atoms with Crippen LogP contribution in [0.2, 0.25) is 5.82 Å². The van der Waals surface area contributed by atoms with E-state index in [9.17, 15) is 0 Å². The zero-order chi connectivity index (χ0) is 17.4. The van der Waals surface area contributed by atoms with E-state index in [4.69, 9.17) is 23.5 Å². The van der Waals surface area contributed by atoms with Gasteiger partial charge in [0.15, 0.2) is 11.5 Å². The molecule has 0 N–H and O–H groups in total. The summed E-state index contributed by atoms with van der Waals surface area (Å²) in [5.41, 5.74) is 0.666. The van der Waals surface area contributed by atoms with Gasteiger partial charge in [-0.1, -0.05) is 6.07 Å². The number of benzene rings is 1. The summed E-state index contributed by atoms with van der Waals surface area (Å²) in [6.07, 6.45) is 0. The van der Waals surface area contributed by atoms with E-state index < -0.39 is 0 Å². The fourth-order valence-electron chi connectivity index (χ4n) is 4.77. The molecule has 5 nitrogen and oxygen atoms in total. The van der Waals surface area contributed by atoms with E-state index in [0.717, 1.165) is 24.7 Å². The quantitative estimate of drug-likeness (QED) is 0.771. The van der Waals surface area contributed by atoms with Crippen LogP contribution in [0, 0.1) is 11.8 Å². The van der Waals surface area contributed by atoms with Crippen LogP contribution in [-0.4, -0.2) is 38.3 Å². The van der Waals surface area contributed by atoms with Gasteiger partial charge in [0.1, 0.15) is 0 Å². The van der Waals surface area contributed by atoms with Gasteiger partial charge in [-0.3, -0.25) is 0 Å². The first-order valence-electron chi connectivity index (χ1n) is 9.20. The molecule has 1 aromatic rings. The molecule has 3 heterocycles. The molecule has 3 fully saturated rings. The highest BCUT2D eigenvalue weighted by Gasteiger charge is 2.64. The van der Waals surface area contributed by atoms with Gasteiger partial charge in [-0.25, -0.2) is 0 Å². The van der Waals surface area contributed by atoms with Crippen LogP contribution < -0.4 is 9.47 Å². The maximum atomic E-state index is 6.39. The molecule has 6 heteroatoms. The summed E-state index contributed by atoms with van der Waals surface area (Å²) in [4.78, 5) is 0. The number of rotatable bonds is 2. The van der Waals surface area contributed by atoms with E-state index in [2.05, 4.69) is 39.8 Å². The van der Waals surface area contributed by atoms with Crippen LogP contribution in [0.3, 0.4) is 0 Å². The lowest BCUT2D eigenvalue weighted by Gasteiger charge is -2.48. The van der Waals surface area contributed by atoms with Crippen molar-refractivity contribution in [1.82, 2.24) is 0 Å². The van der Waals surface area contributed by atoms with Crippen molar-refractivity contribution in [3.8, 4) is 11.5 Å².